The molecule has 1 aromatic heterocycles. The minimum atomic E-state index is -0.942. The van der Waals surface area contributed by atoms with Crippen molar-refractivity contribution in [2.24, 2.45) is 23.7 Å². The number of nitrogens with one attached hydrogen (secondary N) is 2. The van der Waals surface area contributed by atoms with Gasteiger partial charge in [-0.1, -0.05) is 31.6 Å². The molecule has 1 aromatic carbocycles. The Morgan fingerprint density at radius 1 is 1.27 bits per heavy atom. The Kier molecular flexibility index (Phi) is 6.95. The van der Waals surface area contributed by atoms with Crippen molar-refractivity contribution in [1.82, 2.24) is 15.3 Å². The maximum Gasteiger partial charge on any atom is 0.303 e. The number of fused-ring (bicyclic) bond motifs is 1. The number of aromatic nitrogens is 2. The average molecular weight is 412 g/mol. The van der Waals surface area contributed by atoms with Crippen LogP contribution in [0, 0.1) is 30.6 Å². The fourth-order valence-electron chi connectivity index (χ4n) is 4.55. The second kappa shape index (κ2) is 9.45. The molecule has 0 spiro atoms. The van der Waals surface area contributed by atoms with Crippen LogP contribution in [0.15, 0.2) is 29.8 Å². The van der Waals surface area contributed by atoms with E-state index in [-0.39, 0.29) is 24.7 Å². The van der Waals surface area contributed by atoms with Gasteiger partial charge in [-0.15, -0.1) is 0 Å². The molecule has 0 unspecified atom stereocenters. The van der Waals surface area contributed by atoms with Crippen molar-refractivity contribution in [1.29, 1.82) is 0 Å². The summed E-state index contributed by atoms with van der Waals surface area (Å²) >= 11 is 0. The number of benzene rings is 1. The van der Waals surface area contributed by atoms with Crippen molar-refractivity contribution in [3.05, 3.63) is 41.2 Å². The summed E-state index contributed by atoms with van der Waals surface area (Å²) in [7, 11) is 0. The number of carbonyl (C=O) groups excluding carboxylic acids is 1. The molecule has 30 heavy (non-hydrogen) atoms. The number of nitrogens with zero attached hydrogens (tertiary/aromatic N) is 1. The third-order valence-corrected chi connectivity index (χ3v) is 6.31. The molecule has 6 nitrogen and oxygen atoms in total. The Morgan fingerprint density at radius 3 is 2.73 bits per heavy atom. The summed E-state index contributed by atoms with van der Waals surface area (Å²) in [6, 6.07) is 6.28. The molecule has 0 fully saturated rings. The molecule has 162 valence electrons. The number of rotatable bonds is 8. The van der Waals surface area contributed by atoms with Crippen LogP contribution >= 0.6 is 0 Å². The lowest BCUT2D eigenvalue weighted by Crippen LogP contribution is -2.37. The van der Waals surface area contributed by atoms with Crippen LogP contribution in [0.25, 0.3) is 11.0 Å². The standard InChI is InChI=1S/C24H33N3O3/c1-14(2)19-11-17(12-22-26-20-6-5-15(3)9-21(20)27-22)16(4)10-18(19)13-25-23(28)7-8-24(29)30/h5-6,9-10,14,17-19H,7-8,11-13H2,1-4H3,(H,25,28)(H,26,27)(H,29,30)/t17-,18-,19-/m0/s1. The molecule has 1 heterocycles. The fraction of sp³-hybridized carbons (Fsp3) is 0.542. The first-order valence-corrected chi connectivity index (χ1v) is 10.8. The van der Waals surface area contributed by atoms with Crippen molar-refractivity contribution in [3.8, 4) is 0 Å². The van der Waals surface area contributed by atoms with Gasteiger partial charge in [0, 0.05) is 19.4 Å². The van der Waals surface area contributed by atoms with E-state index in [1.807, 2.05) is 0 Å². The Labute approximate surface area is 178 Å². The highest BCUT2D eigenvalue weighted by molar-refractivity contribution is 5.80. The summed E-state index contributed by atoms with van der Waals surface area (Å²) in [6.45, 7) is 9.29. The molecular weight excluding hydrogens is 378 g/mol. The van der Waals surface area contributed by atoms with Gasteiger partial charge in [0.2, 0.25) is 5.91 Å². The highest BCUT2D eigenvalue weighted by Gasteiger charge is 2.32. The van der Waals surface area contributed by atoms with Gasteiger partial charge in [0.05, 0.1) is 17.5 Å². The average Bonchev–Trinajstić information content (AvgIpc) is 3.07. The number of carboxylic acids is 1. The number of hydrogen-bond donors (Lipinski definition) is 3. The van der Waals surface area contributed by atoms with Crippen molar-refractivity contribution >= 4 is 22.9 Å². The Balaban J connectivity index is 1.68. The van der Waals surface area contributed by atoms with Gasteiger partial charge in [-0.2, -0.15) is 0 Å². The lowest BCUT2D eigenvalue weighted by molar-refractivity contribution is -0.138. The molecule has 2 aromatic rings. The van der Waals surface area contributed by atoms with E-state index in [1.165, 1.54) is 11.1 Å². The van der Waals surface area contributed by atoms with E-state index in [4.69, 9.17) is 10.1 Å². The van der Waals surface area contributed by atoms with Crippen molar-refractivity contribution in [2.75, 3.05) is 6.54 Å². The number of aromatic amines is 1. The Hall–Kier alpha value is -2.63. The quantitative estimate of drug-likeness (QED) is 0.566. The third-order valence-electron chi connectivity index (χ3n) is 6.31. The predicted molar refractivity (Wildman–Crippen MR) is 118 cm³/mol. The van der Waals surface area contributed by atoms with E-state index >= 15 is 0 Å². The highest BCUT2D eigenvalue weighted by atomic mass is 16.4. The summed E-state index contributed by atoms with van der Waals surface area (Å²) in [5.41, 5.74) is 4.66. The van der Waals surface area contributed by atoms with Crippen LogP contribution in [-0.4, -0.2) is 33.5 Å². The second-order valence-electron chi connectivity index (χ2n) is 9.02. The molecule has 1 aliphatic rings. The molecule has 1 amide bonds. The number of aliphatic carboxylic acids is 1. The summed E-state index contributed by atoms with van der Waals surface area (Å²) in [5, 5.41) is 11.7. The van der Waals surface area contributed by atoms with Gasteiger partial charge in [0.1, 0.15) is 5.82 Å². The van der Waals surface area contributed by atoms with E-state index in [2.05, 4.69) is 62.3 Å². The number of allylic oxidation sites excluding steroid dienone is 1. The Morgan fingerprint density at radius 2 is 2.03 bits per heavy atom. The second-order valence-corrected chi connectivity index (χ2v) is 9.02. The number of aryl methyl sites for hydroxylation is 1. The van der Waals surface area contributed by atoms with Crippen LogP contribution in [0.3, 0.4) is 0 Å². The molecule has 0 saturated carbocycles. The summed E-state index contributed by atoms with van der Waals surface area (Å²) in [6.07, 6.45) is 4.16. The van der Waals surface area contributed by atoms with Crippen molar-refractivity contribution < 1.29 is 14.7 Å². The SMILES string of the molecule is CC1=C[C@@H](CNC(=O)CCC(=O)O)[C@H](C(C)C)C[C@H]1Cc1nc2ccc(C)cc2[nH]1. The molecule has 0 aliphatic heterocycles. The number of H-pyrrole nitrogens is 1. The molecule has 1 aliphatic carbocycles. The zero-order valence-corrected chi connectivity index (χ0v) is 18.4. The molecule has 3 rings (SSSR count). The molecular formula is C24H33N3O3. The van der Waals surface area contributed by atoms with E-state index in [0.29, 0.717) is 24.3 Å². The van der Waals surface area contributed by atoms with Gasteiger partial charge in [-0.25, -0.2) is 4.98 Å². The van der Waals surface area contributed by atoms with Gasteiger partial charge < -0.3 is 15.4 Å². The summed E-state index contributed by atoms with van der Waals surface area (Å²) in [5.74, 6) is 1.55. The van der Waals surface area contributed by atoms with Crippen LogP contribution in [0.1, 0.15) is 51.4 Å². The van der Waals surface area contributed by atoms with E-state index in [1.54, 1.807) is 0 Å². The number of amides is 1. The molecule has 0 saturated heterocycles. The predicted octanol–water partition coefficient (Wildman–Crippen LogP) is 4.25. The number of imidazole rings is 1. The number of hydrogen-bond acceptors (Lipinski definition) is 3. The van der Waals surface area contributed by atoms with Gasteiger partial charge in [-0.05, 0) is 61.6 Å². The fourth-order valence-corrected chi connectivity index (χ4v) is 4.55. The third kappa shape index (κ3) is 5.49. The molecule has 3 N–H and O–H groups in total. The smallest absolute Gasteiger partial charge is 0.303 e. The van der Waals surface area contributed by atoms with Gasteiger partial charge in [0.25, 0.3) is 0 Å². The first-order valence-electron chi connectivity index (χ1n) is 10.8. The zero-order chi connectivity index (χ0) is 21.8. The van der Waals surface area contributed by atoms with E-state index < -0.39 is 5.97 Å². The number of carbonyl (C=O) groups is 2. The van der Waals surface area contributed by atoms with E-state index in [0.717, 1.165) is 29.7 Å². The summed E-state index contributed by atoms with van der Waals surface area (Å²) in [4.78, 5) is 30.9. The first-order chi connectivity index (χ1) is 14.2. The monoisotopic (exact) mass is 411 g/mol. The van der Waals surface area contributed by atoms with Gasteiger partial charge >= 0.3 is 5.97 Å². The molecule has 3 atom stereocenters. The van der Waals surface area contributed by atoms with Crippen molar-refractivity contribution in [3.63, 3.8) is 0 Å². The maximum atomic E-state index is 12.0. The largest absolute Gasteiger partial charge is 0.481 e. The molecule has 6 heteroatoms. The Bertz CT molecular complexity index is 944. The lowest BCUT2D eigenvalue weighted by Gasteiger charge is -2.37. The molecule has 0 radical (unpaired) electrons. The first kappa shape index (κ1) is 22.1. The van der Waals surface area contributed by atoms with Crippen LogP contribution in [0.2, 0.25) is 0 Å². The number of carboxylic acid groups (broad SMARTS) is 1. The van der Waals surface area contributed by atoms with Crippen LogP contribution in [0.4, 0.5) is 0 Å². The minimum absolute atomic E-state index is 0.0330. The van der Waals surface area contributed by atoms with Crippen molar-refractivity contribution in [2.45, 2.75) is 53.4 Å². The van der Waals surface area contributed by atoms with Crippen LogP contribution in [0.5, 0.6) is 0 Å². The van der Waals surface area contributed by atoms with Crippen LogP contribution < -0.4 is 5.32 Å². The lowest BCUT2D eigenvalue weighted by atomic mass is 9.70. The highest BCUT2D eigenvalue weighted by Crippen LogP contribution is 2.38. The molecule has 0 bridgehead atoms. The van der Waals surface area contributed by atoms with Gasteiger partial charge in [-0.3, -0.25) is 9.59 Å². The minimum Gasteiger partial charge on any atom is -0.481 e. The zero-order valence-electron chi connectivity index (χ0n) is 18.4. The normalized spacial score (nSPS) is 21.6. The topological polar surface area (TPSA) is 95.1 Å². The van der Waals surface area contributed by atoms with E-state index in [9.17, 15) is 9.59 Å². The van der Waals surface area contributed by atoms with Crippen LogP contribution in [-0.2, 0) is 16.0 Å². The van der Waals surface area contributed by atoms with Gasteiger partial charge in [0.15, 0.2) is 0 Å². The maximum absolute atomic E-state index is 12.0. The summed E-state index contributed by atoms with van der Waals surface area (Å²) < 4.78 is 0.